The fourth-order valence-corrected chi connectivity index (χ4v) is 5.76. The van der Waals surface area contributed by atoms with Crippen molar-refractivity contribution < 1.29 is 28.8 Å². The topological polar surface area (TPSA) is 140 Å². The number of piperidine rings is 1. The number of nitrogens with zero attached hydrogens (tertiary/aromatic N) is 4. The molecule has 3 aromatic heterocycles. The fourth-order valence-electron chi connectivity index (χ4n) is 4.77. The number of hydrogen-bond donors (Lipinski definition) is 2. The van der Waals surface area contributed by atoms with E-state index < -0.39 is 18.5 Å². The summed E-state index contributed by atoms with van der Waals surface area (Å²) in [4.78, 5) is 44.9. The average Bonchev–Trinajstić information content (AvgIpc) is 3.66. The predicted octanol–water partition coefficient (Wildman–Crippen LogP) is 4.30. The maximum atomic E-state index is 13.6. The van der Waals surface area contributed by atoms with Gasteiger partial charge in [-0.05, 0) is 51.0 Å². The summed E-state index contributed by atoms with van der Waals surface area (Å²) >= 11 is 7.42. The maximum absolute atomic E-state index is 13.6. The summed E-state index contributed by atoms with van der Waals surface area (Å²) in [5.41, 5.74) is 1.32. The van der Waals surface area contributed by atoms with Gasteiger partial charge in [0.2, 0.25) is 0 Å². The number of aliphatic carboxylic acids is 1. The van der Waals surface area contributed by atoms with Gasteiger partial charge < -0.3 is 29.2 Å². The third-order valence-corrected chi connectivity index (χ3v) is 8.06. The first kappa shape index (κ1) is 27.8. The van der Waals surface area contributed by atoms with Gasteiger partial charge >= 0.3 is 11.9 Å². The standard InChI is InChI=1S/C27H28ClN5O6S/c1-15(2)32-10-8-16(9-11-32)29-26(36)25-30-24-18(27(37)38-14-23(34)35)4-3-5-19(24)33(25)13-17-12-20(39-31-17)21-6-7-22(28)40-21/h3-7,12,15-16H,8-11,13-14H2,1-2H3,(H,29,36)(H,34,35). The number of esters is 1. The lowest BCUT2D eigenvalue weighted by molar-refractivity contribution is -0.140. The highest BCUT2D eigenvalue weighted by Crippen LogP contribution is 2.32. The number of amides is 1. The van der Waals surface area contributed by atoms with Crippen LogP contribution in [0.4, 0.5) is 0 Å². The van der Waals surface area contributed by atoms with E-state index in [-0.39, 0.29) is 35.4 Å². The van der Waals surface area contributed by atoms with Crippen LogP contribution in [-0.4, -0.2) is 74.3 Å². The minimum Gasteiger partial charge on any atom is -0.479 e. The average molecular weight is 586 g/mol. The highest BCUT2D eigenvalue weighted by atomic mass is 35.5. The molecule has 0 aliphatic carbocycles. The van der Waals surface area contributed by atoms with E-state index in [1.165, 1.54) is 17.4 Å². The Hall–Kier alpha value is -3.74. The van der Waals surface area contributed by atoms with Gasteiger partial charge in [-0.3, -0.25) is 4.79 Å². The van der Waals surface area contributed by atoms with Gasteiger partial charge in [0.05, 0.1) is 26.8 Å². The van der Waals surface area contributed by atoms with Crippen LogP contribution < -0.4 is 5.32 Å². The van der Waals surface area contributed by atoms with E-state index in [4.69, 9.17) is 26.0 Å². The molecule has 1 aliphatic heterocycles. The van der Waals surface area contributed by atoms with Crippen molar-refractivity contribution in [3.63, 3.8) is 0 Å². The van der Waals surface area contributed by atoms with Crippen molar-refractivity contribution in [3.8, 4) is 10.6 Å². The summed E-state index contributed by atoms with van der Waals surface area (Å²) in [7, 11) is 0. The predicted molar refractivity (Wildman–Crippen MR) is 149 cm³/mol. The minimum absolute atomic E-state index is 0.0157. The summed E-state index contributed by atoms with van der Waals surface area (Å²) in [6.07, 6.45) is 1.62. The van der Waals surface area contributed by atoms with Crippen molar-refractivity contribution in [3.05, 3.63) is 57.8 Å². The number of halogens is 1. The second-order valence-electron chi connectivity index (χ2n) is 9.83. The van der Waals surface area contributed by atoms with Crippen LogP contribution in [0.2, 0.25) is 4.34 Å². The monoisotopic (exact) mass is 585 g/mol. The number of fused-ring (bicyclic) bond motifs is 1. The summed E-state index contributed by atoms with van der Waals surface area (Å²) < 4.78 is 12.7. The second kappa shape index (κ2) is 11.8. The first-order valence-electron chi connectivity index (χ1n) is 12.8. The summed E-state index contributed by atoms with van der Waals surface area (Å²) in [5.74, 6) is -1.86. The molecular weight excluding hydrogens is 558 g/mol. The van der Waals surface area contributed by atoms with Gasteiger partial charge in [0.25, 0.3) is 5.91 Å². The lowest BCUT2D eigenvalue weighted by Gasteiger charge is -2.34. The number of benzene rings is 1. The lowest BCUT2D eigenvalue weighted by Crippen LogP contribution is -2.47. The molecule has 0 radical (unpaired) electrons. The van der Waals surface area contributed by atoms with Gasteiger partial charge in [-0.15, -0.1) is 11.3 Å². The second-order valence-corrected chi connectivity index (χ2v) is 11.5. The van der Waals surface area contributed by atoms with Crippen molar-refractivity contribution in [2.45, 2.75) is 45.3 Å². The third-order valence-electron chi connectivity index (χ3n) is 6.82. The number of likely N-dealkylation sites (tertiary alicyclic amines) is 1. The number of carbonyl (C=O) groups excluding carboxylic acids is 2. The Morgan fingerprint density at radius 3 is 2.67 bits per heavy atom. The molecule has 1 aliphatic rings. The molecule has 2 N–H and O–H groups in total. The van der Waals surface area contributed by atoms with E-state index >= 15 is 0 Å². The van der Waals surface area contributed by atoms with Crippen LogP contribution in [0.25, 0.3) is 21.7 Å². The van der Waals surface area contributed by atoms with Crippen LogP contribution in [0.15, 0.2) is 40.9 Å². The molecule has 13 heteroatoms. The van der Waals surface area contributed by atoms with Gasteiger partial charge in [0.1, 0.15) is 11.2 Å². The van der Waals surface area contributed by atoms with Crippen molar-refractivity contribution in [2.75, 3.05) is 19.7 Å². The summed E-state index contributed by atoms with van der Waals surface area (Å²) in [6.45, 7) is 5.43. The Morgan fingerprint density at radius 1 is 1.23 bits per heavy atom. The van der Waals surface area contributed by atoms with Crippen molar-refractivity contribution in [1.29, 1.82) is 0 Å². The number of hydrogen-bond acceptors (Lipinski definition) is 9. The van der Waals surface area contributed by atoms with Gasteiger partial charge in [-0.2, -0.15) is 0 Å². The van der Waals surface area contributed by atoms with Crippen LogP contribution >= 0.6 is 22.9 Å². The Labute approximate surface area is 238 Å². The zero-order chi connectivity index (χ0) is 28.4. The fraction of sp³-hybridized carbons (Fsp3) is 0.370. The van der Waals surface area contributed by atoms with Gasteiger partial charge in [-0.25, -0.2) is 14.6 Å². The molecule has 1 aromatic carbocycles. The maximum Gasteiger partial charge on any atom is 0.341 e. The molecule has 5 rings (SSSR count). The molecule has 0 saturated carbocycles. The van der Waals surface area contributed by atoms with E-state index in [0.29, 0.717) is 27.3 Å². The van der Waals surface area contributed by atoms with Crippen molar-refractivity contribution in [1.82, 2.24) is 24.9 Å². The molecule has 11 nitrogen and oxygen atoms in total. The molecule has 0 bridgehead atoms. The number of imidazole rings is 1. The highest BCUT2D eigenvalue weighted by molar-refractivity contribution is 7.19. The number of para-hydroxylation sites is 1. The van der Waals surface area contributed by atoms with Crippen LogP contribution in [-0.2, 0) is 16.1 Å². The number of rotatable bonds is 9. The van der Waals surface area contributed by atoms with Gasteiger partial charge in [0.15, 0.2) is 18.2 Å². The minimum atomic E-state index is -1.27. The zero-order valence-corrected chi connectivity index (χ0v) is 23.5. The molecule has 210 valence electrons. The van der Waals surface area contributed by atoms with Gasteiger partial charge in [0, 0.05) is 31.2 Å². The molecule has 0 atom stereocenters. The number of aromatic nitrogens is 3. The van der Waals surface area contributed by atoms with E-state index in [2.05, 4.69) is 34.2 Å². The Balaban J connectivity index is 1.47. The van der Waals surface area contributed by atoms with E-state index in [9.17, 15) is 14.4 Å². The lowest BCUT2D eigenvalue weighted by atomic mass is 10.0. The summed E-state index contributed by atoms with van der Waals surface area (Å²) in [6, 6.07) is 10.6. The highest BCUT2D eigenvalue weighted by Gasteiger charge is 2.27. The zero-order valence-electron chi connectivity index (χ0n) is 21.9. The van der Waals surface area contributed by atoms with Crippen LogP contribution in [0.3, 0.4) is 0 Å². The van der Waals surface area contributed by atoms with E-state index in [1.807, 2.05) is 6.07 Å². The van der Waals surface area contributed by atoms with Gasteiger partial charge in [-0.1, -0.05) is 22.8 Å². The Morgan fingerprint density at radius 2 is 2.00 bits per heavy atom. The molecule has 0 unspecified atom stereocenters. The first-order valence-corrected chi connectivity index (χ1v) is 14.0. The van der Waals surface area contributed by atoms with Crippen molar-refractivity contribution in [2.24, 2.45) is 0 Å². The Kier molecular flexibility index (Phi) is 8.19. The number of ether oxygens (including phenoxy) is 1. The third kappa shape index (κ3) is 6.03. The molecule has 0 spiro atoms. The number of nitrogens with one attached hydrogen (secondary N) is 1. The summed E-state index contributed by atoms with van der Waals surface area (Å²) in [5, 5.41) is 16.2. The van der Waals surface area contributed by atoms with Crippen LogP contribution in [0.1, 0.15) is 53.4 Å². The molecule has 4 heterocycles. The number of carboxylic acid groups (broad SMARTS) is 1. The molecule has 1 fully saturated rings. The first-order chi connectivity index (χ1) is 19.2. The number of carbonyl (C=O) groups is 3. The smallest absolute Gasteiger partial charge is 0.341 e. The SMILES string of the molecule is CC(C)N1CCC(NC(=O)c2nc3c(C(=O)OCC(=O)O)cccc3n2Cc2cc(-c3ccc(Cl)s3)on2)CC1. The van der Waals surface area contributed by atoms with Crippen LogP contribution in [0.5, 0.6) is 0 Å². The quantitative estimate of drug-likeness (QED) is 0.275. The molecular formula is C27H28ClN5O6S. The van der Waals surface area contributed by atoms with Crippen molar-refractivity contribution >= 4 is 51.8 Å². The number of thiophene rings is 1. The molecule has 1 amide bonds. The number of carboxylic acids is 1. The normalized spacial score (nSPS) is 14.6. The molecule has 1 saturated heterocycles. The largest absolute Gasteiger partial charge is 0.479 e. The van der Waals surface area contributed by atoms with E-state index in [0.717, 1.165) is 30.8 Å². The van der Waals surface area contributed by atoms with E-state index in [1.54, 1.807) is 28.8 Å². The molecule has 40 heavy (non-hydrogen) atoms. The van der Waals surface area contributed by atoms with Crippen LogP contribution in [0, 0.1) is 0 Å². The molecule has 4 aromatic rings. The Bertz CT molecular complexity index is 1550.